The van der Waals surface area contributed by atoms with Gasteiger partial charge in [0.2, 0.25) is 0 Å². The first-order chi connectivity index (χ1) is 8.68. The van der Waals surface area contributed by atoms with Crippen molar-refractivity contribution in [2.24, 2.45) is 5.73 Å². The van der Waals surface area contributed by atoms with Gasteiger partial charge in [-0.2, -0.15) is 0 Å². The molecule has 3 rings (SSSR count). The molecule has 1 aliphatic carbocycles. The second-order valence-corrected chi connectivity index (χ2v) is 4.64. The second kappa shape index (κ2) is 5.91. The Bertz CT molecular complexity index is 513. The Morgan fingerprint density at radius 2 is 1.56 bits per heavy atom. The lowest BCUT2D eigenvalue weighted by Crippen LogP contribution is -2.14. The van der Waals surface area contributed by atoms with Crippen LogP contribution in [0.1, 0.15) is 38.8 Å². The quantitative estimate of drug-likeness (QED) is 0.776. The van der Waals surface area contributed by atoms with Gasteiger partial charge in [0.1, 0.15) is 0 Å². The molecule has 98 valence electrons. The van der Waals surface area contributed by atoms with Crippen LogP contribution in [0.25, 0.3) is 10.8 Å². The second-order valence-electron chi connectivity index (χ2n) is 4.64. The highest BCUT2D eigenvalue weighted by atomic mass is 14.7. The summed E-state index contributed by atoms with van der Waals surface area (Å²) in [4.78, 5) is 8.52. The number of aromatic nitrogens is 2. The maximum Gasteiger partial charge on any atom is 0.0362 e. The minimum Gasteiger partial charge on any atom is -0.333 e. The summed E-state index contributed by atoms with van der Waals surface area (Å²) in [6.07, 6.45) is 8.87. The lowest BCUT2D eigenvalue weighted by atomic mass is 9.86. The Balaban J connectivity index is 0.000000371. The van der Waals surface area contributed by atoms with Gasteiger partial charge in [0, 0.05) is 30.2 Å². The third-order valence-corrected chi connectivity index (χ3v) is 3.10. The summed E-state index contributed by atoms with van der Waals surface area (Å²) in [6, 6.07) is 0. The van der Waals surface area contributed by atoms with Gasteiger partial charge >= 0.3 is 0 Å². The van der Waals surface area contributed by atoms with Crippen molar-refractivity contribution in [3.05, 3.63) is 35.9 Å². The van der Waals surface area contributed by atoms with Gasteiger partial charge in [-0.15, -0.1) is 0 Å². The van der Waals surface area contributed by atoms with Gasteiger partial charge in [-0.25, -0.2) is 0 Å². The van der Waals surface area contributed by atoms with Gasteiger partial charge in [0.05, 0.1) is 0 Å². The van der Waals surface area contributed by atoms with Gasteiger partial charge in [0.25, 0.3) is 0 Å². The highest BCUT2D eigenvalue weighted by Crippen LogP contribution is 2.40. The normalized spacial score (nSPS) is 14.3. The van der Waals surface area contributed by atoms with E-state index in [0.29, 0.717) is 0 Å². The standard InChI is InChI=1S/C12H12N2.C2H6.CH5N/c1-12(2)3-8-4-13-5-9-6-14-7-10(12)11(8)9;2*1-2/h4-7H,3H2,1-2H3;1-2H3;2H2,1H3. The van der Waals surface area contributed by atoms with Crippen LogP contribution in [-0.2, 0) is 11.8 Å². The molecule has 0 saturated heterocycles. The van der Waals surface area contributed by atoms with E-state index in [4.69, 9.17) is 0 Å². The number of rotatable bonds is 0. The average Bonchev–Trinajstić information content (AvgIpc) is 2.68. The first-order valence-corrected chi connectivity index (χ1v) is 6.47. The largest absolute Gasteiger partial charge is 0.333 e. The molecule has 0 aliphatic heterocycles. The zero-order valence-electron chi connectivity index (χ0n) is 12.0. The van der Waals surface area contributed by atoms with Crippen molar-refractivity contribution in [2.45, 2.75) is 39.5 Å². The molecule has 2 N–H and O–H groups in total. The van der Waals surface area contributed by atoms with Crippen LogP contribution >= 0.6 is 0 Å². The molecule has 0 unspecified atom stereocenters. The molecule has 0 aromatic carbocycles. The Kier molecular flexibility index (Phi) is 4.79. The molecule has 0 bridgehead atoms. The molecular formula is C15H23N3. The molecule has 2 aromatic rings. The van der Waals surface area contributed by atoms with Gasteiger partial charge in [-0.1, -0.05) is 27.7 Å². The molecule has 0 amide bonds. The molecule has 0 atom stereocenters. The number of pyridine rings is 2. The fourth-order valence-electron chi connectivity index (χ4n) is 2.42. The van der Waals surface area contributed by atoms with E-state index in [0.717, 1.165) is 6.42 Å². The van der Waals surface area contributed by atoms with E-state index in [2.05, 4.69) is 29.5 Å². The molecule has 0 saturated carbocycles. The van der Waals surface area contributed by atoms with Gasteiger partial charge in [0.15, 0.2) is 0 Å². The van der Waals surface area contributed by atoms with Crippen LogP contribution in [0, 0.1) is 0 Å². The predicted octanol–water partition coefficient (Wildman–Crippen LogP) is 3.06. The van der Waals surface area contributed by atoms with Crippen molar-refractivity contribution in [3.63, 3.8) is 0 Å². The lowest BCUT2D eigenvalue weighted by molar-refractivity contribution is 0.544. The molecule has 2 aromatic heterocycles. The smallest absolute Gasteiger partial charge is 0.0362 e. The monoisotopic (exact) mass is 245 g/mol. The zero-order valence-corrected chi connectivity index (χ0v) is 12.0. The van der Waals surface area contributed by atoms with E-state index in [1.165, 1.54) is 28.9 Å². The first-order valence-electron chi connectivity index (χ1n) is 6.47. The van der Waals surface area contributed by atoms with Crippen LogP contribution < -0.4 is 5.73 Å². The number of nitrogens with two attached hydrogens (primary N) is 1. The maximum absolute atomic E-state index is 4.50. The van der Waals surface area contributed by atoms with E-state index >= 15 is 0 Å². The molecule has 0 spiro atoms. The van der Waals surface area contributed by atoms with Crippen molar-refractivity contribution in [3.8, 4) is 0 Å². The maximum atomic E-state index is 4.50. The van der Waals surface area contributed by atoms with Crippen molar-refractivity contribution < 1.29 is 0 Å². The Labute approximate surface area is 109 Å². The third kappa shape index (κ3) is 2.36. The number of hydrogen-bond donors (Lipinski definition) is 1. The minimum atomic E-state index is 0.220. The predicted molar refractivity (Wildman–Crippen MR) is 77.7 cm³/mol. The van der Waals surface area contributed by atoms with Crippen molar-refractivity contribution in [2.75, 3.05) is 7.05 Å². The zero-order chi connectivity index (χ0) is 13.8. The van der Waals surface area contributed by atoms with E-state index in [-0.39, 0.29) is 5.41 Å². The summed E-state index contributed by atoms with van der Waals surface area (Å²) in [5, 5.41) is 2.55. The highest BCUT2D eigenvalue weighted by Gasteiger charge is 2.31. The van der Waals surface area contributed by atoms with Crippen LogP contribution in [0.4, 0.5) is 0 Å². The minimum absolute atomic E-state index is 0.220. The molecular weight excluding hydrogens is 222 g/mol. The number of nitrogens with zero attached hydrogens (tertiary/aromatic N) is 2. The van der Waals surface area contributed by atoms with E-state index < -0.39 is 0 Å². The van der Waals surface area contributed by atoms with Gasteiger partial charge < -0.3 is 5.73 Å². The van der Waals surface area contributed by atoms with Crippen LogP contribution in [-0.4, -0.2) is 17.0 Å². The van der Waals surface area contributed by atoms with Crippen molar-refractivity contribution in [1.82, 2.24) is 9.97 Å². The lowest BCUT2D eigenvalue weighted by Gasteiger charge is -2.17. The van der Waals surface area contributed by atoms with E-state index in [1.807, 2.05) is 38.6 Å². The fourth-order valence-corrected chi connectivity index (χ4v) is 2.42. The van der Waals surface area contributed by atoms with Crippen molar-refractivity contribution >= 4 is 10.8 Å². The molecule has 1 aliphatic rings. The third-order valence-electron chi connectivity index (χ3n) is 3.10. The van der Waals surface area contributed by atoms with Gasteiger partial charge in [-0.05, 0) is 35.4 Å². The Morgan fingerprint density at radius 1 is 1.00 bits per heavy atom. The molecule has 3 heteroatoms. The van der Waals surface area contributed by atoms with Crippen LogP contribution in [0.2, 0.25) is 0 Å². The summed E-state index contributed by atoms with van der Waals surface area (Å²) < 4.78 is 0. The Morgan fingerprint density at radius 3 is 2.17 bits per heavy atom. The summed E-state index contributed by atoms with van der Waals surface area (Å²) >= 11 is 0. The molecule has 0 fully saturated rings. The summed E-state index contributed by atoms with van der Waals surface area (Å²) in [7, 11) is 1.50. The summed E-state index contributed by atoms with van der Waals surface area (Å²) in [6.45, 7) is 8.53. The summed E-state index contributed by atoms with van der Waals surface area (Å²) in [5.41, 5.74) is 7.45. The molecule has 3 nitrogen and oxygen atoms in total. The first kappa shape index (κ1) is 14.6. The van der Waals surface area contributed by atoms with Crippen LogP contribution in [0.15, 0.2) is 24.8 Å². The topological polar surface area (TPSA) is 51.8 Å². The Hall–Kier alpha value is -1.48. The van der Waals surface area contributed by atoms with Crippen molar-refractivity contribution in [1.29, 1.82) is 0 Å². The average molecular weight is 245 g/mol. The molecule has 18 heavy (non-hydrogen) atoms. The van der Waals surface area contributed by atoms with E-state index in [1.54, 1.807) is 0 Å². The molecule has 2 heterocycles. The fraction of sp³-hybridized carbons (Fsp3) is 0.467. The highest BCUT2D eigenvalue weighted by molar-refractivity contribution is 5.90. The molecule has 0 radical (unpaired) electrons. The van der Waals surface area contributed by atoms with Crippen LogP contribution in [0.3, 0.4) is 0 Å². The van der Waals surface area contributed by atoms with Gasteiger partial charge in [-0.3, -0.25) is 9.97 Å². The van der Waals surface area contributed by atoms with E-state index in [9.17, 15) is 0 Å². The summed E-state index contributed by atoms with van der Waals surface area (Å²) in [5.74, 6) is 0. The number of hydrogen-bond acceptors (Lipinski definition) is 3. The van der Waals surface area contributed by atoms with Crippen LogP contribution in [0.5, 0.6) is 0 Å². The SMILES string of the molecule is CC.CC1(C)Cc2cncc3cncc1c23.CN.